The smallest absolute Gasteiger partial charge is 0.269 e. The van der Waals surface area contributed by atoms with Crippen LogP contribution in [0.2, 0.25) is 0 Å². The van der Waals surface area contributed by atoms with Crippen molar-refractivity contribution in [2.45, 2.75) is 5.38 Å². The number of alkyl halides is 1. The molecule has 1 aromatic rings. The van der Waals surface area contributed by atoms with Crippen LogP contribution < -0.4 is 5.32 Å². The largest absolute Gasteiger partial charge is 0.383 e. The number of amides is 1. The quantitative estimate of drug-likeness (QED) is 0.793. The minimum absolute atomic E-state index is 0.255. The molecule has 5 nitrogen and oxygen atoms in total. The number of aromatic nitrogens is 1. The van der Waals surface area contributed by atoms with Gasteiger partial charge in [0.25, 0.3) is 5.91 Å². The van der Waals surface area contributed by atoms with Gasteiger partial charge in [-0.05, 0) is 12.1 Å². The SMILES string of the molecule is COCC(Cl)CNC(=O)c1ccc(C#N)cn1. The number of pyridine rings is 1. The summed E-state index contributed by atoms with van der Waals surface area (Å²) in [6, 6.07) is 4.96. The molecule has 0 aliphatic carbocycles. The maximum atomic E-state index is 11.6. The van der Waals surface area contributed by atoms with Gasteiger partial charge in [-0.15, -0.1) is 11.6 Å². The first-order valence-electron chi connectivity index (χ1n) is 4.94. The van der Waals surface area contributed by atoms with Gasteiger partial charge in [0.1, 0.15) is 11.8 Å². The zero-order valence-corrected chi connectivity index (χ0v) is 10.1. The number of halogens is 1. The lowest BCUT2D eigenvalue weighted by Gasteiger charge is -2.09. The molecule has 17 heavy (non-hydrogen) atoms. The van der Waals surface area contributed by atoms with Crippen LogP contribution >= 0.6 is 11.6 Å². The molecule has 1 rings (SSSR count). The Balaban J connectivity index is 2.50. The van der Waals surface area contributed by atoms with Crippen molar-refractivity contribution in [1.82, 2.24) is 10.3 Å². The fourth-order valence-corrected chi connectivity index (χ4v) is 1.33. The van der Waals surface area contributed by atoms with E-state index in [-0.39, 0.29) is 17.0 Å². The van der Waals surface area contributed by atoms with Gasteiger partial charge in [0.2, 0.25) is 0 Å². The van der Waals surface area contributed by atoms with E-state index in [9.17, 15) is 4.79 Å². The molecule has 0 aliphatic heterocycles. The molecule has 0 saturated heterocycles. The summed E-state index contributed by atoms with van der Waals surface area (Å²) in [5.74, 6) is -0.323. The highest BCUT2D eigenvalue weighted by Crippen LogP contribution is 2.00. The first kappa shape index (κ1) is 13.4. The van der Waals surface area contributed by atoms with E-state index in [4.69, 9.17) is 21.6 Å². The van der Waals surface area contributed by atoms with E-state index < -0.39 is 0 Å². The minimum Gasteiger partial charge on any atom is -0.383 e. The Morgan fingerprint density at radius 1 is 1.71 bits per heavy atom. The van der Waals surface area contributed by atoms with E-state index in [2.05, 4.69) is 10.3 Å². The number of rotatable bonds is 5. The summed E-state index contributed by atoms with van der Waals surface area (Å²) < 4.78 is 4.84. The van der Waals surface area contributed by atoms with Crippen molar-refractivity contribution in [2.24, 2.45) is 0 Å². The first-order valence-corrected chi connectivity index (χ1v) is 5.38. The summed E-state index contributed by atoms with van der Waals surface area (Å²) in [7, 11) is 1.54. The van der Waals surface area contributed by atoms with Gasteiger partial charge < -0.3 is 10.1 Å². The van der Waals surface area contributed by atoms with Gasteiger partial charge in [0, 0.05) is 19.9 Å². The molecule has 1 aromatic heterocycles. The number of nitrogens with zero attached hydrogens (tertiary/aromatic N) is 2. The Morgan fingerprint density at radius 3 is 3.00 bits per heavy atom. The van der Waals surface area contributed by atoms with Gasteiger partial charge in [-0.1, -0.05) is 0 Å². The van der Waals surface area contributed by atoms with Gasteiger partial charge in [0.05, 0.1) is 17.5 Å². The molecular formula is C11H12ClN3O2. The molecule has 0 radical (unpaired) electrons. The topological polar surface area (TPSA) is 75.0 Å². The van der Waals surface area contributed by atoms with Crippen molar-refractivity contribution in [2.75, 3.05) is 20.3 Å². The molecule has 6 heteroatoms. The maximum absolute atomic E-state index is 11.6. The number of hydrogen-bond donors (Lipinski definition) is 1. The molecule has 0 bridgehead atoms. The van der Waals surface area contributed by atoms with E-state index in [1.165, 1.54) is 18.3 Å². The van der Waals surface area contributed by atoms with Crippen LogP contribution in [-0.4, -0.2) is 36.5 Å². The molecule has 0 spiro atoms. The number of carbonyl (C=O) groups excluding carboxylic acids is 1. The van der Waals surface area contributed by atoms with Crippen molar-refractivity contribution < 1.29 is 9.53 Å². The summed E-state index contributed by atoms with van der Waals surface area (Å²) >= 11 is 5.86. The van der Waals surface area contributed by atoms with Crippen LogP contribution in [0.25, 0.3) is 0 Å². The highest BCUT2D eigenvalue weighted by Gasteiger charge is 2.09. The normalized spacial score (nSPS) is 11.6. The maximum Gasteiger partial charge on any atom is 0.269 e. The second kappa shape index (κ2) is 6.84. The molecule has 1 unspecified atom stereocenters. The second-order valence-corrected chi connectivity index (χ2v) is 3.92. The summed E-state index contributed by atoms with van der Waals surface area (Å²) in [6.07, 6.45) is 1.35. The van der Waals surface area contributed by atoms with E-state index in [0.717, 1.165) is 0 Å². The van der Waals surface area contributed by atoms with Crippen LogP contribution in [0.4, 0.5) is 0 Å². The number of nitriles is 1. The zero-order valence-electron chi connectivity index (χ0n) is 9.31. The van der Waals surface area contributed by atoms with Gasteiger partial charge >= 0.3 is 0 Å². The number of hydrogen-bond acceptors (Lipinski definition) is 4. The lowest BCUT2D eigenvalue weighted by molar-refractivity contribution is 0.0944. The molecule has 1 heterocycles. The average Bonchev–Trinajstić information content (AvgIpc) is 2.36. The standard InChI is InChI=1S/C11H12ClN3O2/c1-17-7-9(12)6-15-11(16)10-3-2-8(4-13)5-14-10/h2-3,5,9H,6-7H2,1H3,(H,15,16). The Hall–Kier alpha value is -1.64. The average molecular weight is 254 g/mol. The Bertz CT molecular complexity index is 414. The monoisotopic (exact) mass is 253 g/mol. The van der Waals surface area contributed by atoms with Crippen molar-refractivity contribution in [1.29, 1.82) is 5.26 Å². The summed E-state index contributed by atoms with van der Waals surface area (Å²) in [4.78, 5) is 15.5. The third kappa shape index (κ3) is 4.39. The summed E-state index contributed by atoms with van der Waals surface area (Å²) in [6.45, 7) is 0.665. The van der Waals surface area contributed by atoms with Gasteiger partial charge in [-0.25, -0.2) is 4.98 Å². The summed E-state index contributed by atoms with van der Waals surface area (Å²) in [5.41, 5.74) is 0.668. The Morgan fingerprint density at radius 2 is 2.47 bits per heavy atom. The summed E-state index contributed by atoms with van der Waals surface area (Å²) in [5, 5.41) is 10.9. The van der Waals surface area contributed by atoms with Crippen LogP contribution in [0, 0.1) is 11.3 Å². The predicted molar refractivity (Wildman–Crippen MR) is 62.8 cm³/mol. The lowest BCUT2D eigenvalue weighted by atomic mass is 10.2. The van der Waals surface area contributed by atoms with Crippen molar-refractivity contribution in [3.8, 4) is 6.07 Å². The number of methoxy groups -OCH3 is 1. The zero-order chi connectivity index (χ0) is 12.7. The molecule has 0 saturated carbocycles. The number of nitrogens with one attached hydrogen (secondary N) is 1. The van der Waals surface area contributed by atoms with Crippen LogP contribution in [-0.2, 0) is 4.74 Å². The molecule has 0 fully saturated rings. The highest BCUT2D eigenvalue weighted by molar-refractivity contribution is 6.21. The first-order chi connectivity index (χ1) is 8.17. The third-order valence-corrected chi connectivity index (χ3v) is 2.24. The molecule has 0 aliphatic rings. The van der Waals surface area contributed by atoms with Crippen LogP contribution in [0.3, 0.4) is 0 Å². The van der Waals surface area contributed by atoms with Crippen LogP contribution in [0.15, 0.2) is 18.3 Å². The Kier molecular flexibility index (Phi) is 5.40. The van der Waals surface area contributed by atoms with E-state index in [1.54, 1.807) is 7.11 Å². The Labute approximate surface area is 104 Å². The van der Waals surface area contributed by atoms with Gasteiger partial charge in [-0.3, -0.25) is 4.79 Å². The van der Waals surface area contributed by atoms with Gasteiger partial charge in [0.15, 0.2) is 0 Å². The molecule has 1 amide bonds. The molecule has 0 aromatic carbocycles. The highest BCUT2D eigenvalue weighted by atomic mass is 35.5. The molecular weight excluding hydrogens is 242 g/mol. The van der Waals surface area contributed by atoms with Crippen molar-refractivity contribution in [3.63, 3.8) is 0 Å². The van der Waals surface area contributed by atoms with E-state index in [0.29, 0.717) is 18.7 Å². The third-order valence-electron chi connectivity index (χ3n) is 1.96. The number of carbonyl (C=O) groups is 1. The molecule has 90 valence electrons. The molecule has 1 atom stereocenters. The van der Waals surface area contributed by atoms with Crippen LogP contribution in [0.5, 0.6) is 0 Å². The van der Waals surface area contributed by atoms with Crippen LogP contribution in [0.1, 0.15) is 16.1 Å². The van der Waals surface area contributed by atoms with Crippen molar-refractivity contribution >= 4 is 17.5 Å². The predicted octanol–water partition coefficient (Wildman–Crippen LogP) is 0.937. The van der Waals surface area contributed by atoms with Crippen molar-refractivity contribution in [3.05, 3.63) is 29.6 Å². The van der Waals surface area contributed by atoms with E-state index in [1.807, 2.05) is 6.07 Å². The minimum atomic E-state index is -0.323. The number of ether oxygens (including phenoxy) is 1. The lowest BCUT2D eigenvalue weighted by Crippen LogP contribution is -2.32. The molecule has 1 N–H and O–H groups in total. The fraction of sp³-hybridized carbons (Fsp3) is 0.364. The van der Waals surface area contributed by atoms with E-state index >= 15 is 0 Å². The van der Waals surface area contributed by atoms with Gasteiger partial charge in [-0.2, -0.15) is 5.26 Å². The fourth-order valence-electron chi connectivity index (χ4n) is 1.13. The second-order valence-electron chi connectivity index (χ2n) is 3.31.